The number of fused-ring (bicyclic) bond motifs is 1. The molecule has 3 atom stereocenters. The van der Waals surface area contributed by atoms with Crippen LogP contribution in [0.3, 0.4) is 0 Å². The zero-order chi connectivity index (χ0) is 12.8. The van der Waals surface area contributed by atoms with Crippen LogP contribution in [-0.4, -0.2) is 30.1 Å². The van der Waals surface area contributed by atoms with Gasteiger partial charge in [-0.2, -0.15) is 0 Å². The summed E-state index contributed by atoms with van der Waals surface area (Å²) in [4.78, 5) is 0. The van der Waals surface area contributed by atoms with E-state index in [4.69, 9.17) is 4.52 Å². The van der Waals surface area contributed by atoms with Gasteiger partial charge in [-0.15, -0.1) is 0 Å². The van der Waals surface area contributed by atoms with Crippen LogP contribution < -0.4 is 5.32 Å². The Morgan fingerprint density at radius 1 is 1.50 bits per heavy atom. The quantitative estimate of drug-likeness (QED) is 0.673. The van der Waals surface area contributed by atoms with Crippen LogP contribution in [0.25, 0.3) is 0 Å². The summed E-state index contributed by atoms with van der Waals surface area (Å²) in [5, 5.41) is 3.25. The van der Waals surface area contributed by atoms with Crippen molar-refractivity contribution < 1.29 is 9.09 Å². The van der Waals surface area contributed by atoms with E-state index in [2.05, 4.69) is 37.4 Å². The molecule has 0 spiro atoms. The van der Waals surface area contributed by atoms with Crippen LogP contribution in [0.4, 0.5) is 0 Å². The Bertz CT molecular complexity index is 502. The van der Waals surface area contributed by atoms with Gasteiger partial charge in [0.15, 0.2) is 0 Å². The molecule has 0 radical (unpaired) electrons. The fraction of sp³-hybridized carbons (Fsp3) is 0.538. The van der Waals surface area contributed by atoms with Crippen LogP contribution in [0.15, 0.2) is 18.2 Å². The van der Waals surface area contributed by atoms with Crippen molar-refractivity contribution in [2.24, 2.45) is 0 Å². The molecular weight excluding hydrogens is 247 g/mol. The molecule has 0 bridgehead atoms. The van der Waals surface area contributed by atoms with Crippen LogP contribution in [0.1, 0.15) is 16.7 Å². The molecule has 3 unspecified atom stereocenters. The van der Waals surface area contributed by atoms with Gasteiger partial charge in [-0.05, 0) is 25.0 Å². The summed E-state index contributed by atoms with van der Waals surface area (Å²) in [6, 6.07) is 6.28. The third-order valence-corrected chi connectivity index (χ3v) is 6.44. The first kappa shape index (κ1) is 12.4. The second-order valence-corrected chi connectivity index (χ2v) is 7.61. The largest absolute Gasteiger partial charge is 0.313 e. The van der Waals surface area contributed by atoms with E-state index >= 15 is 0 Å². The van der Waals surface area contributed by atoms with E-state index in [1.54, 1.807) is 0 Å². The van der Waals surface area contributed by atoms with Gasteiger partial charge in [0.05, 0.1) is 6.61 Å². The summed E-state index contributed by atoms with van der Waals surface area (Å²) in [6.45, 7) is 7.15. The lowest BCUT2D eigenvalue weighted by Gasteiger charge is -2.08. The van der Waals surface area contributed by atoms with E-state index in [1.807, 2.05) is 4.67 Å². The molecule has 2 heterocycles. The number of hydrogen-bond donors (Lipinski definition) is 1. The van der Waals surface area contributed by atoms with Gasteiger partial charge in [-0.1, -0.05) is 23.8 Å². The van der Waals surface area contributed by atoms with Crippen molar-refractivity contribution in [1.29, 1.82) is 0 Å². The minimum Gasteiger partial charge on any atom is -0.313 e. The van der Waals surface area contributed by atoms with Gasteiger partial charge in [0.1, 0.15) is 5.78 Å². The molecule has 0 saturated carbocycles. The van der Waals surface area contributed by atoms with E-state index < -0.39 is 7.52 Å². The van der Waals surface area contributed by atoms with Crippen LogP contribution >= 0.6 is 7.52 Å². The summed E-state index contributed by atoms with van der Waals surface area (Å²) >= 11 is 0. The highest BCUT2D eigenvalue weighted by atomic mass is 31.2. The maximum atomic E-state index is 12.5. The maximum absolute atomic E-state index is 12.5. The van der Waals surface area contributed by atoms with Crippen molar-refractivity contribution in [3.05, 3.63) is 34.9 Å². The third kappa shape index (κ3) is 2.04. The Kier molecular flexibility index (Phi) is 3.07. The van der Waals surface area contributed by atoms with E-state index in [0.29, 0.717) is 6.61 Å². The molecule has 1 aromatic rings. The van der Waals surface area contributed by atoms with Gasteiger partial charge < -0.3 is 9.84 Å². The second kappa shape index (κ2) is 4.46. The molecule has 1 aromatic carbocycles. The van der Waals surface area contributed by atoms with Crippen molar-refractivity contribution in [3.63, 3.8) is 0 Å². The first-order valence-corrected chi connectivity index (χ1v) is 8.04. The Morgan fingerprint density at radius 3 is 3.00 bits per heavy atom. The Balaban J connectivity index is 1.67. The second-order valence-electron chi connectivity index (χ2n) is 5.12. The van der Waals surface area contributed by atoms with Crippen LogP contribution in [-0.2, 0) is 15.7 Å². The standard InChI is InChI=1S/C13H19N2O2P/c1-10-3-4-12(11(2)7-10)9-17-18(16)13-8-14-5-6-15(13)18/h3-4,7,13-14H,5-6,8-9H2,1-2H3. The summed E-state index contributed by atoms with van der Waals surface area (Å²) < 4.78 is 20.2. The summed E-state index contributed by atoms with van der Waals surface area (Å²) in [5.74, 6) is 0.122. The lowest BCUT2D eigenvalue weighted by atomic mass is 10.1. The van der Waals surface area contributed by atoms with Crippen molar-refractivity contribution >= 4 is 7.52 Å². The molecule has 0 aromatic heterocycles. The van der Waals surface area contributed by atoms with Crippen LogP contribution in [0, 0.1) is 13.8 Å². The first-order valence-electron chi connectivity index (χ1n) is 6.39. The average Bonchev–Trinajstić information content (AvgIpc) is 2.95. The topological polar surface area (TPSA) is 41.3 Å². The fourth-order valence-corrected chi connectivity index (χ4v) is 5.05. The number of rotatable bonds is 3. The van der Waals surface area contributed by atoms with Gasteiger partial charge >= 0.3 is 0 Å². The van der Waals surface area contributed by atoms with Crippen LogP contribution in [0.5, 0.6) is 0 Å². The smallest absolute Gasteiger partial charge is 0.292 e. The lowest BCUT2D eigenvalue weighted by Crippen LogP contribution is -2.33. The Labute approximate surface area is 108 Å². The molecule has 3 rings (SSSR count). The molecule has 2 saturated heterocycles. The van der Waals surface area contributed by atoms with Crippen molar-refractivity contribution in [2.45, 2.75) is 26.2 Å². The first-order chi connectivity index (χ1) is 8.61. The highest BCUT2D eigenvalue weighted by molar-refractivity contribution is 7.64. The van der Waals surface area contributed by atoms with Crippen molar-refractivity contribution in [3.8, 4) is 0 Å². The lowest BCUT2D eigenvalue weighted by molar-refractivity contribution is 0.303. The molecular formula is C13H19N2O2P. The predicted molar refractivity (Wildman–Crippen MR) is 71.7 cm³/mol. The maximum Gasteiger partial charge on any atom is 0.292 e. The summed E-state index contributed by atoms with van der Waals surface area (Å²) in [5.41, 5.74) is 3.59. The van der Waals surface area contributed by atoms with Gasteiger partial charge in [0.25, 0.3) is 7.52 Å². The third-order valence-electron chi connectivity index (χ3n) is 3.77. The number of nitrogens with one attached hydrogen (secondary N) is 1. The number of hydrogen-bond acceptors (Lipinski definition) is 3. The average molecular weight is 266 g/mol. The number of aryl methyl sites for hydroxylation is 2. The summed E-state index contributed by atoms with van der Waals surface area (Å²) in [6.07, 6.45) is 0. The molecule has 0 aliphatic carbocycles. The molecule has 18 heavy (non-hydrogen) atoms. The highest BCUT2D eigenvalue weighted by Gasteiger charge is 2.62. The summed E-state index contributed by atoms with van der Waals surface area (Å²) in [7, 11) is -2.50. The van der Waals surface area contributed by atoms with Gasteiger partial charge in [0, 0.05) is 19.6 Å². The van der Waals surface area contributed by atoms with Crippen LogP contribution in [0.2, 0.25) is 0 Å². The number of piperazine rings is 1. The SMILES string of the molecule is Cc1ccc(COP2(=O)C3CNCCN32)c(C)c1. The van der Waals surface area contributed by atoms with Gasteiger partial charge in [-0.3, -0.25) is 4.57 Å². The van der Waals surface area contributed by atoms with E-state index in [1.165, 1.54) is 11.1 Å². The van der Waals surface area contributed by atoms with Crippen molar-refractivity contribution in [1.82, 2.24) is 9.99 Å². The Hall–Kier alpha value is -0.670. The molecule has 2 fully saturated rings. The zero-order valence-electron chi connectivity index (χ0n) is 10.8. The van der Waals surface area contributed by atoms with Gasteiger partial charge in [0.2, 0.25) is 0 Å². The highest BCUT2D eigenvalue weighted by Crippen LogP contribution is 2.73. The molecule has 4 nitrogen and oxygen atoms in total. The Morgan fingerprint density at radius 2 is 2.33 bits per heavy atom. The predicted octanol–water partition coefficient (Wildman–Crippen LogP) is 2.26. The van der Waals surface area contributed by atoms with E-state index in [-0.39, 0.29) is 5.78 Å². The molecule has 0 amide bonds. The normalized spacial score (nSPS) is 34.1. The molecule has 2 aliphatic heterocycles. The van der Waals surface area contributed by atoms with E-state index in [9.17, 15) is 4.57 Å². The fourth-order valence-electron chi connectivity index (χ4n) is 2.58. The number of benzene rings is 1. The minimum atomic E-state index is -2.50. The molecule has 98 valence electrons. The number of nitrogens with zero attached hydrogens (tertiary/aromatic N) is 1. The zero-order valence-corrected chi connectivity index (χ0v) is 11.7. The molecule has 5 heteroatoms. The minimum absolute atomic E-state index is 0.122. The van der Waals surface area contributed by atoms with Crippen molar-refractivity contribution in [2.75, 3.05) is 19.6 Å². The van der Waals surface area contributed by atoms with E-state index in [0.717, 1.165) is 25.2 Å². The molecule has 1 N–H and O–H groups in total. The molecule has 2 aliphatic rings. The van der Waals surface area contributed by atoms with Gasteiger partial charge in [-0.25, -0.2) is 4.67 Å². The monoisotopic (exact) mass is 266 g/mol.